The molecule has 0 aromatic heterocycles. The summed E-state index contributed by atoms with van der Waals surface area (Å²) >= 11 is 0. The largest absolute Gasteiger partial charge is 0.457 e. The van der Waals surface area contributed by atoms with E-state index in [4.69, 9.17) is 28.4 Å². The topological polar surface area (TPSA) is 214 Å². The summed E-state index contributed by atoms with van der Waals surface area (Å²) in [7, 11) is 0. The summed E-state index contributed by atoms with van der Waals surface area (Å²) in [4.78, 5) is 12.8. The Morgan fingerprint density at radius 2 is 0.981 bits per heavy atom. The number of aliphatic hydroxyl groups is 7. The van der Waals surface area contributed by atoms with Gasteiger partial charge in [-0.2, -0.15) is 0 Å². The van der Waals surface area contributed by atoms with Gasteiger partial charge in [-0.15, -0.1) is 0 Å². The lowest BCUT2D eigenvalue weighted by molar-refractivity contribution is -0.332. The molecule has 11 unspecified atom stereocenters. The van der Waals surface area contributed by atoms with Crippen LogP contribution in [0.4, 0.5) is 0 Å². The van der Waals surface area contributed by atoms with Crippen molar-refractivity contribution in [3.8, 4) is 0 Å². The second-order valence-corrected chi connectivity index (χ2v) is 15.2. The third-order valence-electron chi connectivity index (χ3n) is 10.4. The molecule has 2 fully saturated rings. The van der Waals surface area contributed by atoms with Crippen molar-refractivity contribution in [2.45, 2.75) is 216 Å². The minimum atomic E-state index is -1.70. The van der Waals surface area contributed by atoms with E-state index in [1.165, 1.54) is 83.5 Å². The van der Waals surface area contributed by atoms with Gasteiger partial charge in [0.2, 0.25) is 0 Å². The smallest absolute Gasteiger partial charge is 0.306 e. The molecule has 0 spiro atoms. The van der Waals surface area contributed by atoms with Crippen LogP contribution in [-0.4, -0.2) is 142 Å². The number of carbonyl (C=O) groups excluding carboxylic acids is 1. The summed E-state index contributed by atoms with van der Waals surface area (Å²) in [5.41, 5.74) is 0. The molecule has 2 rings (SSSR count). The standard InChI is InChI=1S/C40H76O14/c1-3-5-7-9-11-13-15-17-19-21-23-32(42)52-29(26-49-24-22-20-18-16-14-12-10-8-6-4-2)27-50-39-38(48)36(46)34(44)31(54-39)28-51-40-37(47)35(45)33(43)30(25-41)53-40/h29-31,33-41,43-48H,3-28H2,1-2H3. The summed E-state index contributed by atoms with van der Waals surface area (Å²) < 4.78 is 34.0. The van der Waals surface area contributed by atoms with E-state index in [1.807, 2.05) is 0 Å². The van der Waals surface area contributed by atoms with Gasteiger partial charge in [-0.25, -0.2) is 0 Å². The Morgan fingerprint density at radius 1 is 0.537 bits per heavy atom. The first-order chi connectivity index (χ1) is 26.1. The molecule has 54 heavy (non-hydrogen) atoms. The van der Waals surface area contributed by atoms with Gasteiger partial charge in [0, 0.05) is 13.0 Å². The lowest BCUT2D eigenvalue weighted by Crippen LogP contribution is -2.61. The molecule has 7 N–H and O–H groups in total. The SMILES string of the molecule is CCCCCCCCCCCCOCC(COC1OC(COC2OC(CO)C(O)C(O)C2O)C(O)C(O)C1O)OC(=O)CCCCCCCCCCCC. The highest BCUT2D eigenvalue weighted by molar-refractivity contribution is 5.69. The molecule has 0 aliphatic carbocycles. The number of hydrogen-bond donors (Lipinski definition) is 7. The number of hydrogen-bond acceptors (Lipinski definition) is 14. The monoisotopic (exact) mass is 781 g/mol. The zero-order valence-corrected chi connectivity index (χ0v) is 33.2. The molecule has 2 aliphatic heterocycles. The molecule has 0 bridgehead atoms. The average molecular weight is 781 g/mol. The molecule has 0 aromatic rings. The fourth-order valence-electron chi connectivity index (χ4n) is 6.81. The van der Waals surface area contributed by atoms with Gasteiger partial charge in [0.1, 0.15) is 54.9 Å². The van der Waals surface area contributed by atoms with Crippen LogP contribution in [0.1, 0.15) is 149 Å². The van der Waals surface area contributed by atoms with Crippen molar-refractivity contribution in [2.75, 3.05) is 33.0 Å². The fourth-order valence-corrected chi connectivity index (χ4v) is 6.81. The van der Waals surface area contributed by atoms with Crippen LogP contribution in [0, 0.1) is 0 Å². The van der Waals surface area contributed by atoms with Crippen LogP contribution in [0.25, 0.3) is 0 Å². The lowest BCUT2D eigenvalue weighted by Gasteiger charge is -2.42. The van der Waals surface area contributed by atoms with Crippen molar-refractivity contribution in [1.82, 2.24) is 0 Å². The molecule has 2 heterocycles. The molecule has 0 radical (unpaired) electrons. The van der Waals surface area contributed by atoms with Crippen LogP contribution in [-0.2, 0) is 33.2 Å². The second kappa shape index (κ2) is 30.1. The molecular formula is C40H76O14. The van der Waals surface area contributed by atoms with E-state index in [0.717, 1.165) is 38.5 Å². The Labute approximate surface area is 323 Å². The maximum absolute atomic E-state index is 12.8. The quantitative estimate of drug-likeness (QED) is 0.0383. The minimum absolute atomic E-state index is 0.0683. The summed E-state index contributed by atoms with van der Waals surface area (Å²) in [6.45, 7) is 3.65. The zero-order valence-electron chi connectivity index (χ0n) is 33.2. The highest BCUT2D eigenvalue weighted by Gasteiger charge is 2.47. The second-order valence-electron chi connectivity index (χ2n) is 15.2. The van der Waals surface area contributed by atoms with Crippen LogP contribution in [0.3, 0.4) is 0 Å². The molecule has 11 atom stereocenters. The first-order valence-corrected chi connectivity index (χ1v) is 21.1. The number of esters is 1. The number of unbranched alkanes of at least 4 members (excludes halogenated alkanes) is 18. The molecular weight excluding hydrogens is 704 g/mol. The number of rotatable bonds is 32. The number of carbonyl (C=O) groups is 1. The summed E-state index contributed by atoms with van der Waals surface area (Å²) in [5.74, 6) is -0.378. The van der Waals surface area contributed by atoms with Crippen molar-refractivity contribution in [2.24, 2.45) is 0 Å². The number of aliphatic hydroxyl groups excluding tert-OH is 7. The van der Waals surface area contributed by atoms with Crippen LogP contribution in [0.5, 0.6) is 0 Å². The third-order valence-corrected chi connectivity index (χ3v) is 10.4. The molecule has 14 nitrogen and oxygen atoms in total. The van der Waals surface area contributed by atoms with Crippen molar-refractivity contribution >= 4 is 5.97 Å². The first kappa shape index (κ1) is 49.1. The summed E-state index contributed by atoms with van der Waals surface area (Å²) in [5, 5.41) is 71.6. The zero-order chi connectivity index (χ0) is 39.6. The molecule has 320 valence electrons. The molecule has 14 heteroatoms. The maximum atomic E-state index is 12.8. The van der Waals surface area contributed by atoms with Crippen LogP contribution in [0.2, 0.25) is 0 Å². The normalized spacial score (nSPS) is 29.4. The molecule has 2 aliphatic rings. The van der Waals surface area contributed by atoms with E-state index in [0.29, 0.717) is 13.0 Å². The Bertz CT molecular complexity index is 912. The van der Waals surface area contributed by atoms with E-state index < -0.39 is 80.7 Å². The Balaban J connectivity index is 1.85. The van der Waals surface area contributed by atoms with Crippen molar-refractivity contribution < 1.29 is 69.0 Å². The average Bonchev–Trinajstić information content (AvgIpc) is 3.16. The third kappa shape index (κ3) is 19.4. The van der Waals surface area contributed by atoms with E-state index in [9.17, 15) is 40.5 Å². The lowest BCUT2D eigenvalue weighted by atomic mass is 9.98. The maximum Gasteiger partial charge on any atom is 0.306 e. The van der Waals surface area contributed by atoms with E-state index in [-0.39, 0.29) is 25.6 Å². The van der Waals surface area contributed by atoms with Gasteiger partial charge in [0.25, 0.3) is 0 Å². The minimum Gasteiger partial charge on any atom is -0.457 e. The van der Waals surface area contributed by atoms with Gasteiger partial charge in [-0.1, -0.05) is 129 Å². The predicted molar refractivity (Wildman–Crippen MR) is 201 cm³/mol. The first-order valence-electron chi connectivity index (χ1n) is 21.1. The van der Waals surface area contributed by atoms with Crippen LogP contribution >= 0.6 is 0 Å². The predicted octanol–water partition coefficient (Wildman–Crippen LogP) is 3.79. The van der Waals surface area contributed by atoms with Gasteiger partial charge >= 0.3 is 5.97 Å². The van der Waals surface area contributed by atoms with E-state index in [2.05, 4.69) is 13.8 Å². The number of ether oxygens (including phenoxy) is 6. The Kier molecular flexibility index (Phi) is 27.4. The fraction of sp³-hybridized carbons (Fsp3) is 0.975. The van der Waals surface area contributed by atoms with Gasteiger partial charge < -0.3 is 64.2 Å². The van der Waals surface area contributed by atoms with Crippen LogP contribution in [0.15, 0.2) is 0 Å². The van der Waals surface area contributed by atoms with Gasteiger partial charge in [0.05, 0.1) is 26.4 Å². The highest BCUT2D eigenvalue weighted by atomic mass is 16.7. The van der Waals surface area contributed by atoms with Gasteiger partial charge in [-0.05, 0) is 12.8 Å². The summed E-state index contributed by atoms with van der Waals surface area (Å²) in [6, 6.07) is 0. The van der Waals surface area contributed by atoms with E-state index in [1.54, 1.807) is 0 Å². The Hall–Kier alpha value is -1.01. The van der Waals surface area contributed by atoms with E-state index >= 15 is 0 Å². The van der Waals surface area contributed by atoms with Crippen molar-refractivity contribution in [3.63, 3.8) is 0 Å². The molecule has 2 saturated heterocycles. The van der Waals surface area contributed by atoms with Crippen molar-refractivity contribution in [1.29, 1.82) is 0 Å². The molecule has 0 aromatic carbocycles. The molecule has 0 saturated carbocycles. The van der Waals surface area contributed by atoms with Crippen LogP contribution < -0.4 is 0 Å². The highest BCUT2D eigenvalue weighted by Crippen LogP contribution is 2.26. The van der Waals surface area contributed by atoms with Gasteiger partial charge in [0.15, 0.2) is 12.6 Å². The molecule has 0 amide bonds. The Morgan fingerprint density at radius 3 is 1.50 bits per heavy atom. The van der Waals surface area contributed by atoms with Gasteiger partial charge in [-0.3, -0.25) is 4.79 Å². The van der Waals surface area contributed by atoms with Crippen molar-refractivity contribution in [3.05, 3.63) is 0 Å². The summed E-state index contributed by atoms with van der Waals surface area (Å²) in [6.07, 6.45) is 7.58.